The summed E-state index contributed by atoms with van der Waals surface area (Å²) in [5.74, 6) is 0.894. The summed E-state index contributed by atoms with van der Waals surface area (Å²) in [5, 5.41) is 11.2. The lowest BCUT2D eigenvalue weighted by Crippen LogP contribution is -2.49. The first kappa shape index (κ1) is 21.0. The molecule has 0 unspecified atom stereocenters. The normalized spacial score (nSPS) is 16.3. The molecule has 5 heteroatoms. The number of ether oxygens (including phenoxy) is 1. The Morgan fingerprint density at radius 3 is 2.25 bits per heavy atom. The second-order valence-electron chi connectivity index (χ2n) is 7.91. The van der Waals surface area contributed by atoms with Gasteiger partial charge in [-0.2, -0.15) is 0 Å². The van der Waals surface area contributed by atoms with Crippen LogP contribution in [0, 0.1) is 27.7 Å². The number of aliphatic hydroxyl groups is 1. The third-order valence-corrected chi connectivity index (χ3v) is 5.61. The first-order valence-electron chi connectivity index (χ1n) is 9.95. The second kappa shape index (κ2) is 9.17. The number of aryl methyl sites for hydroxylation is 4. The first-order valence-corrected chi connectivity index (χ1v) is 10.3. The van der Waals surface area contributed by atoms with Gasteiger partial charge in [-0.3, -0.25) is 4.90 Å². The van der Waals surface area contributed by atoms with Crippen molar-refractivity contribution in [3.63, 3.8) is 0 Å². The van der Waals surface area contributed by atoms with Crippen molar-refractivity contribution in [2.24, 2.45) is 0 Å². The minimum atomic E-state index is -0.500. The Morgan fingerprint density at radius 2 is 1.61 bits per heavy atom. The smallest absolute Gasteiger partial charge is 0.125 e. The molecule has 1 fully saturated rings. The number of nitrogens with zero attached hydrogens (tertiary/aromatic N) is 2. The van der Waals surface area contributed by atoms with Crippen LogP contribution in [0.1, 0.15) is 22.3 Å². The predicted octanol–water partition coefficient (Wildman–Crippen LogP) is 4.14. The largest absolute Gasteiger partial charge is 0.490 e. The van der Waals surface area contributed by atoms with E-state index >= 15 is 0 Å². The van der Waals surface area contributed by atoms with Gasteiger partial charge in [0.25, 0.3) is 0 Å². The molecule has 1 N–H and O–H groups in total. The monoisotopic (exact) mass is 402 g/mol. The topological polar surface area (TPSA) is 35.9 Å². The second-order valence-corrected chi connectivity index (χ2v) is 8.35. The summed E-state index contributed by atoms with van der Waals surface area (Å²) in [6.45, 7) is 13.0. The summed E-state index contributed by atoms with van der Waals surface area (Å²) in [4.78, 5) is 4.68. The number of hydrogen-bond donors (Lipinski definition) is 1. The summed E-state index contributed by atoms with van der Waals surface area (Å²) < 4.78 is 5.94. The van der Waals surface area contributed by atoms with E-state index in [2.05, 4.69) is 55.7 Å². The summed E-state index contributed by atoms with van der Waals surface area (Å²) in [5.41, 5.74) is 5.93. The van der Waals surface area contributed by atoms with Crippen molar-refractivity contribution in [3.8, 4) is 5.75 Å². The van der Waals surface area contributed by atoms with E-state index in [1.165, 1.54) is 16.8 Å². The molecule has 1 aliphatic rings. The van der Waals surface area contributed by atoms with E-state index in [9.17, 15) is 5.11 Å². The highest BCUT2D eigenvalue weighted by Gasteiger charge is 2.21. The molecule has 152 valence electrons. The maximum absolute atomic E-state index is 10.5. The maximum Gasteiger partial charge on any atom is 0.125 e. The minimum absolute atomic E-state index is 0.318. The molecule has 2 aromatic rings. The minimum Gasteiger partial charge on any atom is -0.490 e. The van der Waals surface area contributed by atoms with Crippen molar-refractivity contribution in [1.82, 2.24) is 4.90 Å². The van der Waals surface area contributed by atoms with Crippen LogP contribution >= 0.6 is 11.6 Å². The van der Waals surface area contributed by atoms with Gasteiger partial charge in [-0.1, -0.05) is 35.4 Å². The number of anilines is 1. The van der Waals surface area contributed by atoms with Crippen molar-refractivity contribution in [2.75, 3.05) is 44.2 Å². The van der Waals surface area contributed by atoms with E-state index in [0.717, 1.165) is 48.1 Å². The van der Waals surface area contributed by atoms with Crippen molar-refractivity contribution in [1.29, 1.82) is 0 Å². The molecule has 28 heavy (non-hydrogen) atoms. The van der Waals surface area contributed by atoms with Crippen LogP contribution in [0.25, 0.3) is 0 Å². The van der Waals surface area contributed by atoms with E-state index < -0.39 is 6.10 Å². The van der Waals surface area contributed by atoms with Crippen molar-refractivity contribution in [2.45, 2.75) is 33.8 Å². The van der Waals surface area contributed by atoms with Gasteiger partial charge in [0, 0.05) is 43.4 Å². The van der Waals surface area contributed by atoms with Crippen LogP contribution in [-0.2, 0) is 0 Å². The molecule has 1 atom stereocenters. The molecule has 1 saturated heterocycles. The zero-order valence-corrected chi connectivity index (χ0v) is 18.1. The fourth-order valence-corrected chi connectivity index (χ4v) is 4.19. The van der Waals surface area contributed by atoms with Crippen LogP contribution < -0.4 is 9.64 Å². The summed E-state index contributed by atoms with van der Waals surface area (Å²) in [6.07, 6.45) is -0.500. The quantitative estimate of drug-likeness (QED) is 0.787. The zero-order valence-electron chi connectivity index (χ0n) is 17.3. The molecule has 2 aromatic carbocycles. The zero-order chi connectivity index (χ0) is 20.3. The Balaban J connectivity index is 1.49. The molecular formula is C23H31ClN2O2. The van der Waals surface area contributed by atoms with E-state index in [1.54, 1.807) is 0 Å². The number of hydrogen-bond acceptors (Lipinski definition) is 4. The lowest BCUT2D eigenvalue weighted by Gasteiger charge is -2.37. The molecule has 4 nitrogen and oxygen atoms in total. The van der Waals surface area contributed by atoms with E-state index in [-0.39, 0.29) is 0 Å². The van der Waals surface area contributed by atoms with E-state index in [4.69, 9.17) is 16.3 Å². The Morgan fingerprint density at radius 1 is 0.964 bits per heavy atom. The highest BCUT2D eigenvalue weighted by Crippen LogP contribution is 2.26. The highest BCUT2D eigenvalue weighted by molar-refractivity contribution is 6.30. The Bertz CT molecular complexity index is 793. The molecular weight excluding hydrogens is 372 g/mol. The molecule has 0 saturated carbocycles. The third-order valence-electron chi connectivity index (χ3n) is 5.38. The SMILES string of the molecule is Cc1cc(C)c(OC[C@H](O)CN2CCN(c3cc(Cl)ccc3C)CC2)c(C)c1. The lowest BCUT2D eigenvalue weighted by molar-refractivity contribution is 0.0658. The number of benzene rings is 2. The Hall–Kier alpha value is -1.75. The van der Waals surface area contributed by atoms with E-state index in [1.807, 2.05) is 12.1 Å². The fraction of sp³-hybridized carbons (Fsp3) is 0.478. The van der Waals surface area contributed by atoms with Gasteiger partial charge in [0.2, 0.25) is 0 Å². The number of aliphatic hydroxyl groups excluding tert-OH is 1. The van der Waals surface area contributed by atoms with Gasteiger partial charge in [0.15, 0.2) is 0 Å². The number of β-amino-alcohol motifs (C(OH)–C–C–N with tert-alkyl or cyclic N) is 1. The van der Waals surface area contributed by atoms with Crippen LogP contribution in [0.5, 0.6) is 5.75 Å². The lowest BCUT2D eigenvalue weighted by atomic mass is 10.1. The fourth-order valence-electron chi connectivity index (χ4n) is 4.02. The van der Waals surface area contributed by atoms with Crippen LogP contribution in [0.4, 0.5) is 5.69 Å². The van der Waals surface area contributed by atoms with Gasteiger partial charge in [-0.25, -0.2) is 0 Å². The van der Waals surface area contributed by atoms with Gasteiger partial charge in [-0.15, -0.1) is 0 Å². The average molecular weight is 403 g/mol. The predicted molar refractivity (Wildman–Crippen MR) is 117 cm³/mol. The van der Waals surface area contributed by atoms with Gasteiger partial charge in [-0.05, 0) is 56.5 Å². The van der Waals surface area contributed by atoms with Crippen molar-refractivity contribution < 1.29 is 9.84 Å². The number of rotatable bonds is 6. The van der Waals surface area contributed by atoms with Gasteiger partial charge < -0.3 is 14.7 Å². The third kappa shape index (κ3) is 5.19. The van der Waals surface area contributed by atoms with Crippen molar-refractivity contribution in [3.05, 3.63) is 57.6 Å². The van der Waals surface area contributed by atoms with Gasteiger partial charge in [0.05, 0.1) is 0 Å². The first-order chi connectivity index (χ1) is 13.3. The van der Waals surface area contributed by atoms with Crippen molar-refractivity contribution >= 4 is 17.3 Å². The molecule has 0 amide bonds. The van der Waals surface area contributed by atoms with Crippen LogP contribution in [0.3, 0.4) is 0 Å². The van der Waals surface area contributed by atoms with Crippen LogP contribution in [-0.4, -0.2) is 55.4 Å². The maximum atomic E-state index is 10.5. The summed E-state index contributed by atoms with van der Waals surface area (Å²) >= 11 is 6.17. The summed E-state index contributed by atoms with van der Waals surface area (Å²) in [7, 11) is 0. The molecule has 3 rings (SSSR count). The molecule has 0 aliphatic carbocycles. The molecule has 1 aliphatic heterocycles. The highest BCUT2D eigenvalue weighted by atomic mass is 35.5. The van der Waals surface area contributed by atoms with Gasteiger partial charge in [0.1, 0.15) is 18.5 Å². The average Bonchev–Trinajstić information content (AvgIpc) is 2.63. The Labute approximate surface area is 173 Å². The standard InChI is InChI=1S/C23H31ClN2O2/c1-16-11-18(3)23(19(4)12-16)28-15-21(27)14-25-7-9-26(10-8-25)22-13-20(24)6-5-17(22)2/h5-6,11-13,21,27H,7-10,14-15H2,1-4H3/t21-/m1/s1. The van der Waals surface area contributed by atoms with Crippen LogP contribution in [0.15, 0.2) is 30.3 Å². The van der Waals surface area contributed by atoms with Crippen LogP contribution in [0.2, 0.25) is 5.02 Å². The van der Waals surface area contributed by atoms with E-state index in [0.29, 0.717) is 13.2 Å². The molecule has 0 bridgehead atoms. The van der Waals surface area contributed by atoms with Gasteiger partial charge >= 0.3 is 0 Å². The Kier molecular flexibility index (Phi) is 6.86. The summed E-state index contributed by atoms with van der Waals surface area (Å²) in [6, 6.07) is 10.3. The number of halogens is 1. The molecule has 0 spiro atoms. The molecule has 0 radical (unpaired) electrons. The molecule has 1 heterocycles. The molecule has 0 aromatic heterocycles. The number of piperazine rings is 1.